The quantitative estimate of drug-likeness (QED) is 0.669. The molecule has 1 aromatic carbocycles. The molecule has 0 bridgehead atoms. The molecule has 0 N–H and O–H groups in total. The number of benzene rings is 1. The van der Waals surface area contributed by atoms with Crippen molar-refractivity contribution in [3.8, 4) is 11.3 Å². The number of esters is 2. The third kappa shape index (κ3) is 5.08. The number of aryl methyl sites for hydroxylation is 2. The molecule has 0 aliphatic carbocycles. The zero-order chi connectivity index (χ0) is 19.1. The third-order valence-corrected chi connectivity index (χ3v) is 3.71. The van der Waals surface area contributed by atoms with E-state index in [1.54, 1.807) is 18.7 Å². The van der Waals surface area contributed by atoms with Crippen LogP contribution < -0.4 is 4.90 Å². The minimum Gasteiger partial charge on any atom is -0.465 e. The van der Waals surface area contributed by atoms with Crippen molar-refractivity contribution >= 4 is 17.6 Å². The molecule has 0 aliphatic rings. The Labute approximate surface area is 152 Å². The van der Waals surface area contributed by atoms with Gasteiger partial charge >= 0.3 is 11.9 Å². The summed E-state index contributed by atoms with van der Waals surface area (Å²) in [6.07, 6.45) is 0. The van der Waals surface area contributed by atoms with Crippen LogP contribution in [-0.4, -0.2) is 43.4 Å². The molecule has 0 spiro atoms. The van der Waals surface area contributed by atoms with E-state index in [4.69, 9.17) is 14.0 Å². The van der Waals surface area contributed by atoms with E-state index in [1.807, 2.05) is 38.1 Å². The van der Waals surface area contributed by atoms with Gasteiger partial charge in [-0.25, -0.2) is 0 Å². The Balaban J connectivity index is 2.35. The van der Waals surface area contributed by atoms with Crippen molar-refractivity contribution in [1.29, 1.82) is 0 Å². The Bertz CT molecular complexity index is 749. The van der Waals surface area contributed by atoms with Gasteiger partial charge in [-0.3, -0.25) is 9.59 Å². The number of hydrogen-bond donors (Lipinski definition) is 0. The largest absolute Gasteiger partial charge is 0.465 e. The number of hydrogen-bond acceptors (Lipinski definition) is 7. The molecule has 1 aromatic heterocycles. The van der Waals surface area contributed by atoms with Crippen LogP contribution in [0.3, 0.4) is 0 Å². The summed E-state index contributed by atoms with van der Waals surface area (Å²) >= 11 is 0. The van der Waals surface area contributed by atoms with Crippen LogP contribution in [0.1, 0.15) is 25.1 Å². The predicted octanol–water partition coefficient (Wildman–Crippen LogP) is 2.89. The van der Waals surface area contributed by atoms with Gasteiger partial charge in [0.05, 0.1) is 18.9 Å². The number of aromatic nitrogens is 1. The minimum atomic E-state index is -0.405. The summed E-state index contributed by atoms with van der Waals surface area (Å²) in [7, 11) is 0. The summed E-state index contributed by atoms with van der Waals surface area (Å²) in [4.78, 5) is 25.6. The molecule has 0 fully saturated rings. The van der Waals surface area contributed by atoms with Gasteiger partial charge in [0.1, 0.15) is 13.1 Å². The van der Waals surface area contributed by atoms with Crippen LogP contribution in [0.15, 0.2) is 28.8 Å². The first-order valence-electron chi connectivity index (χ1n) is 8.55. The SMILES string of the molecule is CCOC(=O)CN(CC(=O)OCC)c1cc(-c2cc(C)no2)ccc1C. The monoisotopic (exact) mass is 360 g/mol. The van der Waals surface area contributed by atoms with Crippen molar-refractivity contribution in [2.24, 2.45) is 0 Å². The molecule has 0 unspecified atom stereocenters. The van der Waals surface area contributed by atoms with E-state index in [0.29, 0.717) is 5.76 Å². The van der Waals surface area contributed by atoms with E-state index in [2.05, 4.69) is 5.16 Å². The highest BCUT2D eigenvalue weighted by atomic mass is 16.5. The second-order valence-corrected chi connectivity index (χ2v) is 5.80. The van der Waals surface area contributed by atoms with Crippen LogP contribution in [0.2, 0.25) is 0 Å². The molecule has 0 atom stereocenters. The molecule has 140 valence electrons. The predicted molar refractivity (Wildman–Crippen MR) is 96.9 cm³/mol. The average Bonchev–Trinajstić information content (AvgIpc) is 3.01. The maximum Gasteiger partial charge on any atom is 0.325 e. The lowest BCUT2D eigenvalue weighted by Gasteiger charge is -2.25. The third-order valence-electron chi connectivity index (χ3n) is 3.71. The molecule has 7 heteroatoms. The zero-order valence-corrected chi connectivity index (χ0v) is 15.6. The molecule has 7 nitrogen and oxygen atoms in total. The van der Waals surface area contributed by atoms with E-state index in [9.17, 15) is 9.59 Å². The smallest absolute Gasteiger partial charge is 0.325 e. The molecule has 1 heterocycles. The molecule has 0 saturated carbocycles. The summed E-state index contributed by atoms with van der Waals surface area (Å²) in [5.74, 6) is -0.190. The molecule has 0 radical (unpaired) electrons. The van der Waals surface area contributed by atoms with Gasteiger partial charge < -0.3 is 18.9 Å². The van der Waals surface area contributed by atoms with Gasteiger partial charge in [-0.05, 0) is 39.3 Å². The molecule has 0 aliphatic heterocycles. The van der Waals surface area contributed by atoms with Crippen molar-refractivity contribution in [2.75, 3.05) is 31.2 Å². The average molecular weight is 360 g/mol. The number of carbonyl (C=O) groups excluding carboxylic acids is 2. The molecular formula is C19H24N2O5. The molecule has 2 aromatic rings. The number of nitrogens with zero attached hydrogens (tertiary/aromatic N) is 2. The molecule has 0 amide bonds. The second kappa shape index (κ2) is 9.03. The summed E-state index contributed by atoms with van der Waals surface area (Å²) in [5, 5.41) is 3.90. The van der Waals surface area contributed by atoms with Gasteiger partial charge in [0.15, 0.2) is 5.76 Å². The lowest BCUT2D eigenvalue weighted by atomic mass is 10.1. The van der Waals surface area contributed by atoms with Crippen LogP contribution in [0, 0.1) is 13.8 Å². The summed E-state index contributed by atoms with van der Waals surface area (Å²) in [5.41, 5.74) is 3.23. The number of rotatable bonds is 8. The topological polar surface area (TPSA) is 81.9 Å². The van der Waals surface area contributed by atoms with Gasteiger partial charge in [-0.15, -0.1) is 0 Å². The summed E-state index contributed by atoms with van der Waals surface area (Å²) < 4.78 is 15.4. The molecule has 2 rings (SSSR count). The highest BCUT2D eigenvalue weighted by Crippen LogP contribution is 2.28. The molecule has 0 saturated heterocycles. The van der Waals surface area contributed by atoms with Gasteiger partial charge in [0.25, 0.3) is 0 Å². The fraction of sp³-hybridized carbons (Fsp3) is 0.421. The summed E-state index contributed by atoms with van der Waals surface area (Å²) in [6.45, 7) is 7.70. The van der Waals surface area contributed by atoms with Crippen molar-refractivity contribution < 1.29 is 23.6 Å². The Morgan fingerprint density at radius 1 is 1.04 bits per heavy atom. The maximum absolute atomic E-state index is 12.0. The first kappa shape index (κ1) is 19.5. The van der Waals surface area contributed by atoms with Gasteiger partial charge in [0.2, 0.25) is 0 Å². The van der Waals surface area contributed by atoms with Crippen molar-refractivity contribution in [2.45, 2.75) is 27.7 Å². The Morgan fingerprint density at radius 3 is 2.15 bits per heavy atom. The minimum absolute atomic E-state index is 0.0492. The van der Waals surface area contributed by atoms with Crippen LogP contribution in [0.4, 0.5) is 5.69 Å². The maximum atomic E-state index is 12.0. The van der Waals surface area contributed by atoms with Crippen LogP contribution >= 0.6 is 0 Å². The van der Waals surface area contributed by atoms with Crippen LogP contribution in [0.25, 0.3) is 11.3 Å². The van der Waals surface area contributed by atoms with Crippen molar-refractivity contribution in [3.05, 3.63) is 35.5 Å². The second-order valence-electron chi connectivity index (χ2n) is 5.80. The Kier molecular flexibility index (Phi) is 6.77. The van der Waals surface area contributed by atoms with Gasteiger partial charge in [-0.1, -0.05) is 17.3 Å². The number of anilines is 1. The van der Waals surface area contributed by atoms with E-state index in [1.165, 1.54) is 0 Å². The van der Waals surface area contributed by atoms with Crippen molar-refractivity contribution in [3.63, 3.8) is 0 Å². The first-order valence-corrected chi connectivity index (χ1v) is 8.55. The standard InChI is InChI=1S/C19H24N2O5/c1-5-24-18(22)11-21(12-19(23)25-6-2)16-10-15(8-7-13(16)3)17-9-14(4)20-26-17/h7-10H,5-6,11-12H2,1-4H3. The first-order chi connectivity index (χ1) is 12.4. The fourth-order valence-electron chi connectivity index (χ4n) is 2.55. The van der Waals surface area contributed by atoms with E-state index >= 15 is 0 Å². The normalized spacial score (nSPS) is 10.5. The van der Waals surface area contributed by atoms with Crippen LogP contribution in [-0.2, 0) is 19.1 Å². The Hall–Kier alpha value is -2.83. The highest BCUT2D eigenvalue weighted by Gasteiger charge is 2.19. The van der Waals surface area contributed by atoms with E-state index < -0.39 is 11.9 Å². The highest BCUT2D eigenvalue weighted by molar-refractivity contribution is 5.83. The van der Waals surface area contributed by atoms with Gasteiger partial charge in [-0.2, -0.15) is 0 Å². The van der Waals surface area contributed by atoms with Crippen molar-refractivity contribution in [1.82, 2.24) is 5.16 Å². The van der Waals surface area contributed by atoms with Crippen LogP contribution in [0.5, 0.6) is 0 Å². The molecular weight excluding hydrogens is 336 g/mol. The lowest BCUT2D eigenvalue weighted by molar-refractivity contribution is -0.142. The Morgan fingerprint density at radius 2 is 1.65 bits per heavy atom. The molecule has 26 heavy (non-hydrogen) atoms. The zero-order valence-electron chi connectivity index (χ0n) is 15.6. The lowest BCUT2D eigenvalue weighted by Crippen LogP contribution is -2.36. The van der Waals surface area contributed by atoms with E-state index in [0.717, 1.165) is 22.5 Å². The van der Waals surface area contributed by atoms with Gasteiger partial charge in [0, 0.05) is 17.3 Å². The number of ether oxygens (including phenoxy) is 2. The summed E-state index contributed by atoms with van der Waals surface area (Å²) in [6, 6.07) is 7.51. The van der Waals surface area contributed by atoms with E-state index in [-0.39, 0.29) is 26.3 Å². The number of carbonyl (C=O) groups is 2. The fourth-order valence-corrected chi connectivity index (χ4v) is 2.55.